The van der Waals surface area contributed by atoms with E-state index in [1.807, 2.05) is 24.3 Å². The highest BCUT2D eigenvalue weighted by molar-refractivity contribution is 7.89. The third-order valence-electron chi connectivity index (χ3n) is 3.56. The third kappa shape index (κ3) is 3.30. The van der Waals surface area contributed by atoms with Gasteiger partial charge in [0, 0.05) is 13.5 Å². The molecule has 0 aliphatic heterocycles. The molecule has 2 aromatic carbocycles. The summed E-state index contributed by atoms with van der Waals surface area (Å²) in [7, 11) is -3.72. The van der Waals surface area contributed by atoms with Crippen LogP contribution in [0.1, 0.15) is 17.0 Å². The average Bonchev–Trinajstić information content (AvgIpc) is 2.94. The number of benzene rings is 2. The summed E-state index contributed by atoms with van der Waals surface area (Å²) < 4.78 is 32.7. The zero-order valence-electron chi connectivity index (χ0n) is 13.0. The molecule has 0 aliphatic rings. The van der Waals surface area contributed by atoms with Crippen LogP contribution in [0.2, 0.25) is 0 Å². The Morgan fingerprint density at radius 2 is 2.04 bits per heavy atom. The molecule has 24 heavy (non-hydrogen) atoms. The Balaban J connectivity index is 1.71. The summed E-state index contributed by atoms with van der Waals surface area (Å²) >= 11 is 0. The molecular formula is C17H15N3O3S. The molecule has 122 valence electrons. The first kappa shape index (κ1) is 16.2. The van der Waals surface area contributed by atoms with E-state index in [4.69, 9.17) is 9.68 Å². The lowest BCUT2D eigenvalue weighted by molar-refractivity contribution is 0.560. The number of hydrogen-bond acceptors (Lipinski definition) is 5. The minimum atomic E-state index is -3.72. The van der Waals surface area contributed by atoms with Gasteiger partial charge in [-0.3, -0.25) is 0 Å². The Hall–Kier alpha value is -2.69. The molecule has 0 aliphatic carbocycles. The Morgan fingerprint density at radius 3 is 2.83 bits per heavy atom. The lowest BCUT2D eigenvalue weighted by Gasteiger charge is -2.08. The molecule has 1 heterocycles. The van der Waals surface area contributed by atoms with Gasteiger partial charge in [0.15, 0.2) is 11.5 Å². The highest BCUT2D eigenvalue weighted by atomic mass is 32.2. The van der Waals surface area contributed by atoms with E-state index >= 15 is 0 Å². The number of aryl methyl sites for hydroxylation is 1. The average molecular weight is 341 g/mol. The Labute approximate surface area is 139 Å². The number of nitrogens with one attached hydrogen (secondary N) is 1. The Morgan fingerprint density at radius 1 is 1.25 bits per heavy atom. The summed E-state index contributed by atoms with van der Waals surface area (Å²) in [5.74, 6) is 0.593. The maximum Gasteiger partial charge on any atom is 0.241 e. The fraction of sp³-hybridized carbons (Fsp3) is 0.176. The minimum Gasteiger partial charge on any atom is -0.441 e. The van der Waals surface area contributed by atoms with Crippen LogP contribution in [0.5, 0.6) is 0 Å². The molecule has 0 radical (unpaired) electrons. The Bertz CT molecular complexity index is 1030. The van der Waals surface area contributed by atoms with Gasteiger partial charge in [0.25, 0.3) is 0 Å². The van der Waals surface area contributed by atoms with Gasteiger partial charge in [0.05, 0.1) is 10.5 Å². The van der Waals surface area contributed by atoms with Crippen LogP contribution in [0.3, 0.4) is 0 Å². The standard InChI is InChI=1S/C17H15N3O3S/c1-12-20-15-7-6-13(10-16(15)23-12)8-9-19-24(21,22)17-5-3-2-4-14(17)11-18/h2-7,10,19H,8-9H2,1H3. The van der Waals surface area contributed by atoms with Gasteiger partial charge in [-0.25, -0.2) is 18.1 Å². The van der Waals surface area contributed by atoms with Gasteiger partial charge < -0.3 is 4.42 Å². The van der Waals surface area contributed by atoms with Crippen LogP contribution in [-0.2, 0) is 16.4 Å². The second-order valence-electron chi connectivity index (χ2n) is 5.29. The van der Waals surface area contributed by atoms with Crippen molar-refractivity contribution in [3.63, 3.8) is 0 Å². The van der Waals surface area contributed by atoms with Gasteiger partial charge in [0.2, 0.25) is 10.0 Å². The topological polar surface area (TPSA) is 96.0 Å². The highest BCUT2D eigenvalue weighted by Gasteiger charge is 2.17. The van der Waals surface area contributed by atoms with Gasteiger partial charge in [-0.1, -0.05) is 18.2 Å². The zero-order valence-corrected chi connectivity index (χ0v) is 13.8. The molecule has 1 aromatic heterocycles. The number of aromatic nitrogens is 1. The second-order valence-corrected chi connectivity index (χ2v) is 7.03. The molecule has 7 heteroatoms. The van der Waals surface area contributed by atoms with Gasteiger partial charge in [-0.05, 0) is 36.2 Å². The Kier molecular flexibility index (Phi) is 4.34. The van der Waals surface area contributed by atoms with Crippen LogP contribution in [-0.4, -0.2) is 19.9 Å². The maximum atomic E-state index is 12.3. The molecule has 3 aromatic rings. The number of fused-ring (bicyclic) bond motifs is 1. The summed E-state index contributed by atoms with van der Waals surface area (Å²) in [5.41, 5.74) is 2.53. The molecule has 1 N–H and O–H groups in total. The van der Waals surface area contributed by atoms with Crippen molar-refractivity contribution in [2.45, 2.75) is 18.2 Å². The van der Waals surface area contributed by atoms with E-state index in [-0.39, 0.29) is 17.0 Å². The summed E-state index contributed by atoms with van der Waals surface area (Å²) in [6.45, 7) is 2.00. The van der Waals surface area contributed by atoms with Gasteiger partial charge in [-0.2, -0.15) is 5.26 Å². The van der Waals surface area contributed by atoms with Crippen molar-refractivity contribution in [1.82, 2.24) is 9.71 Å². The predicted octanol–water partition coefficient (Wildman–Crippen LogP) is 2.53. The largest absolute Gasteiger partial charge is 0.441 e. The van der Waals surface area contributed by atoms with Crippen molar-refractivity contribution in [3.05, 3.63) is 59.5 Å². The van der Waals surface area contributed by atoms with E-state index in [2.05, 4.69) is 9.71 Å². The lowest BCUT2D eigenvalue weighted by atomic mass is 10.1. The normalized spacial score (nSPS) is 11.5. The highest BCUT2D eigenvalue weighted by Crippen LogP contribution is 2.17. The molecule has 0 bridgehead atoms. The van der Waals surface area contributed by atoms with Crippen LogP contribution < -0.4 is 4.72 Å². The number of nitriles is 1. The molecule has 0 unspecified atom stereocenters. The summed E-state index contributed by atoms with van der Waals surface area (Å²) in [4.78, 5) is 4.22. The number of sulfonamides is 1. The van der Waals surface area contributed by atoms with Crippen molar-refractivity contribution < 1.29 is 12.8 Å². The van der Waals surface area contributed by atoms with Crippen LogP contribution in [0.15, 0.2) is 51.8 Å². The smallest absolute Gasteiger partial charge is 0.241 e. The van der Waals surface area contributed by atoms with Crippen molar-refractivity contribution in [2.24, 2.45) is 0 Å². The molecular weight excluding hydrogens is 326 g/mol. The summed E-state index contributed by atoms with van der Waals surface area (Å²) in [5, 5.41) is 9.03. The first-order valence-electron chi connectivity index (χ1n) is 7.34. The maximum absolute atomic E-state index is 12.3. The van der Waals surface area contributed by atoms with E-state index in [0.29, 0.717) is 17.9 Å². The van der Waals surface area contributed by atoms with Gasteiger partial charge in [0.1, 0.15) is 11.6 Å². The molecule has 3 rings (SSSR count). The number of nitrogens with zero attached hydrogens (tertiary/aromatic N) is 2. The molecule has 6 nitrogen and oxygen atoms in total. The third-order valence-corrected chi connectivity index (χ3v) is 5.08. The number of oxazole rings is 1. The summed E-state index contributed by atoms with van der Waals surface area (Å²) in [6.07, 6.45) is 0.504. The van der Waals surface area contributed by atoms with E-state index in [0.717, 1.165) is 11.1 Å². The SMILES string of the molecule is Cc1nc2ccc(CCNS(=O)(=O)c3ccccc3C#N)cc2o1. The fourth-order valence-corrected chi connectivity index (χ4v) is 3.63. The molecule has 0 fully saturated rings. The van der Waals surface area contributed by atoms with Gasteiger partial charge in [-0.15, -0.1) is 0 Å². The second kappa shape index (κ2) is 6.43. The zero-order chi connectivity index (χ0) is 17.2. The predicted molar refractivity (Wildman–Crippen MR) is 88.8 cm³/mol. The van der Waals surface area contributed by atoms with E-state index in [1.54, 1.807) is 19.1 Å². The molecule has 0 spiro atoms. The van der Waals surface area contributed by atoms with Crippen LogP contribution >= 0.6 is 0 Å². The molecule has 0 atom stereocenters. The van der Waals surface area contributed by atoms with Crippen molar-refractivity contribution in [1.29, 1.82) is 5.26 Å². The van der Waals surface area contributed by atoms with E-state index in [9.17, 15) is 8.42 Å². The van der Waals surface area contributed by atoms with E-state index < -0.39 is 10.0 Å². The van der Waals surface area contributed by atoms with Gasteiger partial charge >= 0.3 is 0 Å². The number of hydrogen-bond donors (Lipinski definition) is 1. The quantitative estimate of drug-likeness (QED) is 0.769. The minimum absolute atomic E-state index is 0.00573. The monoisotopic (exact) mass is 341 g/mol. The van der Waals surface area contributed by atoms with Crippen molar-refractivity contribution in [2.75, 3.05) is 6.54 Å². The van der Waals surface area contributed by atoms with Crippen molar-refractivity contribution >= 4 is 21.1 Å². The number of rotatable bonds is 5. The lowest BCUT2D eigenvalue weighted by Crippen LogP contribution is -2.26. The first-order chi connectivity index (χ1) is 11.5. The van der Waals surface area contributed by atoms with Crippen LogP contribution in [0.25, 0.3) is 11.1 Å². The molecule has 0 saturated carbocycles. The molecule has 0 saturated heterocycles. The first-order valence-corrected chi connectivity index (χ1v) is 8.83. The summed E-state index contributed by atoms with van der Waals surface area (Å²) in [6, 6.07) is 13.6. The van der Waals surface area contributed by atoms with Crippen molar-refractivity contribution in [3.8, 4) is 6.07 Å². The van der Waals surface area contributed by atoms with Crippen LogP contribution in [0, 0.1) is 18.3 Å². The van der Waals surface area contributed by atoms with E-state index in [1.165, 1.54) is 12.1 Å². The van der Waals surface area contributed by atoms with Crippen LogP contribution in [0.4, 0.5) is 0 Å². The molecule has 0 amide bonds. The fourth-order valence-electron chi connectivity index (χ4n) is 2.44.